The van der Waals surface area contributed by atoms with Crippen molar-refractivity contribution in [2.75, 3.05) is 29.7 Å². The van der Waals surface area contributed by atoms with Gasteiger partial charge in [0.2, 0.25) is 12.7 Å². The number of hydrogen-bond acceptors (Lipinski definition) is 8. The number of ether oxygens (including phenoxy) is 3. The lowest BCUT2D eigenvalue weighted by Crippen LogP contribution is -2.37. The number of nitrogens with one attached hydrogen (secondary N) is 1. The molecule has 0 saturated carbocycles. The molecule has 0 spiro atoms. The van der Waals surface area contributed by atoms with Gasteiger partial charge in [0.25, 0.3) is 0 Å². The van der Waals surface area contributed by atoms with Gasteiger partial charge in [0, 0.05) is 30.0 Å². The zero-order chi connectivity index (χ0) is 23.1. The summed E-state index contributed by atoms with van der Waals surface area (Å²) in [5.74, 6) is 0.781. The Bertz CT molecular complexity index is 1070. The fraction of sp³-hybridized carbons (Fsp3) is 0.550. The third-order valence-corrected chi connectivity index (χ3v) is 8.14. The molecule has 2 atom stereocenters. The molecular formula is C20H25N3O7S2. The molecule has 2 saturated heterocycles. The van der Waals surface area contributed by atoms with Crippen LogP contribution in [0.5, 0.6) is 11.5 Å². The van der Waals surface area contributed by atoms with Gasteiger partial charge in [-0.15, -0.1) is 0 Å². The van der Waals surface area contributed by atoms with E-state index < -0.39 is 27.4 Å². The Labute approximate surface area is 190 Å². The van der Waals surface area contributed by atoms with Crippen molar-refractivity contribution in [1.29, 1.82) is 0 Å². The summed E-state index contributed by atoms with van der Waals surface area (Å²) in [6.07, 6.45) is -0.610. The maximum Gasteiger partial charge on any atom is 0.407 e. The molecule has 2 fully saturated rings. The summed E-state index contributed by atoms with van der Waals surface area (Å²) in [7, 11) is -3.17. The second-order valence-corrected chi connectivity index (χ2v) is 12.0. The van der Waals surface area contributed by atoms with Crippen LogP contribution in [0.25, 0.3) is 0 Å². The molecule has 0 unspecified atom stereocenters. The first-order valence-corrected chi connectivity index (χ1v) is 12.9. The van der Waals surface area contributed by atoms with E-state index in [1.165, 1.54) is 11.8 Å². The van der Waals surface area contributed by atoms with Gasteiger partial charge in [-0.1, -0.05) is 11.8 Å². The number of rotatable bonds is 4. The van der Waals surface area contributed by atoms with Crippen LogP contribution in [0.3, 0.4) is 0 Å². The van der Waals surface area contributed by atoms with E-state index >= 15 is 0 Å². The number of nitrogens with zero attached hydrogens (tertiary/aromatic N) is 2. The van der Waals surface area contributed by atoms with Crippen molar-refractivity contribution in [3.8, 4) is 11.5 Å². The number of amides is 2. The molecule has 174 valence electrons. The molecule has 12 heteroatoms. The van der Waals surface area contributed by atoms with E-state index in [0.717, 1.165) is 0 Å². The van der Waals surface area contributed by atoms with Crippen LogP contribution < -0.4 is 19.7 Å². The maximum absolute atomic E-state index is 12.5. The fourth-order valence-corrected chi connectivity index (χ4v) is 7.58. The Balaban J connectivity index is 1.48. The normalized spacial score (nSPS) is 24.5. The second-order valence-electron chi connectivity index (χ2n) is 8.67. The molecule has 0 aliphatic carbocycles. The fourth-order valence-electron chi connectivity index (χ4n) is 3.65. The quantitative estimate of drug-likeness (QED) is 0.684. The van der Waals surface area contributed by atoms with Crippen molar-refractivity contribution in [3.63, 3.8) is 0 Å². The zero-order valence-corrected chi connectivity index (χ0v) is 19.6. The number of sulfone groups is 1. The van der Waals surface area contributed by atoms with E-state index in [2.05, 4.69) is 10.3 Å². The molecule has 0 bridgehead atoms. The number of hydrogen-bond donors (Lipinski definition) is 1. The average molecular weight is 484 g/mol. The first-order chi connectivity index (χ1) is 15.0. The third kappa shape index (κ3) is 5.12. The predicted molar refractivity (Wildman–Crippen MR) is 120 cm³/mol. The van der Waals surface area contributed by atoms with E-state index in [1.54, 1.807) is 43.9 Å². The highest BCUT2D eigenvalue weighted by Gasteiger charge is 2.49. The van der Waals surface area contributed by atoms with Crippen LogP contribution in [-0.4, -0.2) is 67.3 Å². The first kappa shape index (κ1) is 22.7. The van der Waals surface area contributed by atoms with Crippen molar-refractivity contribution >= 4 is 44.5 Å². The van der Waals surface area contributed by atoms with E-state index in [9.17, 15) is 18.0 Å². The molecule has 1 N–H and O–H groups in total. The molecule has 0 radical (unpaired) electrons. The Morgan fingerprint density at radius 1 is 1.25 bits per heavy atom. The lowest BCUT2D eigenvalue weighted by Gasteiger charge is -2.24. The van der Waals surface area contributed by atoms with E-state index in [-0.39, 0.29) is 42.6 Å². The minimum absolute atomic E-state index is 0.00742. The van der Waals surface area contributed by atoms with Gasteiger partial charge >= 0.3 is 6.09 Å². The van der Waals surface area contributed by atoms with Crippen LogP contribution in [0.2, 0.25) is 0 Å². The SMILES string of the molecule is CC(C)(C)OC(=O)NCCC(=O)N=C1S[C@@H]2CS(=O)(=O)C[C@H]2N1c1ccc2c(c1)OCO2. The van der Waals surface area contributed by atoms with Gasteiger partial charge in [-0.25, -0.2) is 13.2 Å². The Hall–Kier alpha value is -2.47. The summed E-state index contributed by atoms with van der Waals surface area (Å²) in [6.45, 7) is 5.47. The number of aliphatic imine (C=N–C) groups is 1. The number of fused-ring (bicyclic) bond motifs is 2. The Kier molecular flexibility index (Phi) is 6.01. The van der Waals surface area contributed by atoms with Gasteiger partial charge < -0.3 is 24.4 Å². The molecule has 1 aromatic carbocycles. The van der Waals surface area contributed by atoms with Crippen molar-refractivity contribution < 1.29 is 32.2 Å². The van der Waals surface area contributed by atoms with Crippen LogP contribution in [0.4, 0.5) is 10.5 Å². The highest BCUT2D eigenvalue weighted by molar-refractivity contribution is 8.16. The lowest BCUT2D eigenvalue weighted by molar-refractivity contribution is -0.117. The molecule has 1 aromatic rings. The highest BCUT2D eigenvalue weighted by Crippen LogP contribution is 2.43. The van der Waals surface area contributed by atoms with Crippen LogP contribution in [0.1, 0.15) is 27.2 Å². The summed E-state index contributed by atoms with van der Waals surface area (Å²) in [5.41, 5.74) is 0.0580. The smallest absolute Gasteiger partial charge is 0.407 e. The number of amidine groups is 1. The van der Waals surface area contributed by atoms with Gasteiger partial charge in [0.05, 0.1) is 17.5 Å². The van der Waals surface area contributed by atoms with E-state index in [1.807, 2.05) is 0 Å². The van der Waals surface area contributed by atoms with Gasteiger partial charge in [0.15, 0.2) is 26.5 Å². The Morgan fingerprint density at radius 2 is 2.00 bits per heavy atom. The largest absolute Gasteiger partial charge is 0.454 e. The molecule has 3 aliphatic heterocycles. The predicted octanol–water partition coefficient (Wildman–Crippen LogP) is 1.93. The zero-order valence-electron chi connectivity index (χ0n) is 18.0. The second kappa shape index (κ2) is 8.47. The summed E-state index contributed by atoms with van der Waals surface area (Å²) >= 11 is 1.29. The minimum atomic E-state index is -3.17. The van der Waals surface area contributed by atoms with Gasteiger partial charge in [-0.3, -0.25) is 4.79 Å². The van der Waals surface area contributed by atoms with Crippen molar-refractivity contribution in [2.24, 2.45) is 4.99 Å². The molecule has 3 aliphatic rings. The lowest BCUT2D eigenvalue weighted by atomic mass is 10.2. The number of carbonyl (C=O) groups is 2. The molecule has 0 aromatic heterocycles. The van der Waals surface area contributed by atoms with Crippen LogP contribution >= 0.6 is 11.8 Å². The summed E-state index contributed by atoms with van der Waals surface area (Å²) in [5, 5.41) is 2.76. The number of benzene rings is 1. The molecular weight excluding hydrogens is 458 g/mol. The third-order valence-electron chi connectivity index (χ3n) is 4.93. The topological polar surface area (TPSA) is 124 Å². The Morgan fingerprint density at radius 3 is 2.75 bits per heavy atom. The van der Waals surface area contributed by atoms with Crippen LogP contribution in [0.15, 0.2) is 23.2 Å². The van der Waals surface area contributed by atoms with E-state index in [0.29, 0.717) is 22.4 Å². The minimum Gasteiger partial charge on any atom is -0.454 e. The van der Waals surface area contributed by atoms with Crippen molar-refractivity contribution in [1.82, 2.24) is 5.32 Å². The number of alkyl carbamates (subject to hydrolysis) is 1. The summed E-state index contributed by atoms with van der Waals surface area (Å²) in [4.78, 5) is 30.3. The van der Waals surface area contributed by atoms with E-state index in [4.69, 9.17) is 14.2 Å². The number of anilines is 1. The number of carbonyl (C=O) groups excluding carboxylic acids is 2. The molecule has 32 heavy (non-hydrogen) atoms. The van der Waals surface area contributed by atoms with Gasteiger partial charge in [0.1, 0.15) is 5.60 Å². The molecule has 3 heterocycles. The summed E-state index contributed by atoms with van der Waals surface area (Å²) < 4.78 is 40.3. The van der Waals surface area contributed by atoms with Crippen LogP contribution in [-0.2, 0) is 19.4 Å². The standard InChI is InChI=1S/C20H25N3O7S2/c1-20(2,3)30-19(25)21-7-6-17(24)22-18-23(13-9-32(26,27)10-16(13)31-18)12-4-5-14-15(8-12)29-11-28-14/h4-5,8,13,16H,6-7,9-11H2,1-3H3,(H,21,25)/t13-,16-/m1/s1. The van der Waals surface area contributed by atoms with Crippen molar-refractivity contribution in [3.05, 3.63) is 18.2 Å². The highest BCUT2D eigenvalue weighted by atomic mass is 32.2. The van der Waals surface area contributed by atoms with Gasteiger partial charge in [-0.2, -0.15) is 4.99 Å². The molecule has 4 rings (SSSR count). The molecule has 10 nitrogen and oxygen atoms in total. The molecule has 2 amide bonds. The van der Waals surface area contributed by atoms with Crippen LogP contribution in [0, 0.1) is 0 Å². The van der Waals surface area contributed by atoms with Gasteiger partial charge in [-0.05, 0) is 32.9 Å². The monoisotopic (exact) mass is 483 g/mol. The first-order valence-electron chi connectivity index (χ1n) is 10.2. The number of thioether (sulfide) groups is 1. The summed E-state index contributed by atoms with van der Waals surface area (Å²) in [6, 6.07) is 4.99. The maximum atomic E-state index is 12.5. The average Bonchev–Trinajstić information content (AvgIpc) is 3.31. The van der Waals surface area contributed by atoms with Crippen molar-refractivity contribution in [2.45, 2.75) is 44.1 Å².